The van der Waals surface area contributed by atoms with Gasteiger partial charge in [0, 0.05) is 32.2 Å². The van der Waals surface area contributed by atoms with Gasteiger partial charge < -0.3 is 10.1 Å². The number of ether oxygens (including phenoxy) is 1. The molecule has 0 spiro atoms. The number of hydrogen-bond donors (Lipinski definition) is 1. The molecular weight excluding hydrogens is 373 g/mol. The number of halogens is 3. The van der Waals surface area contributed by atoms with Gasteiger partial charge in [0.2, 0.25) is 0 Å². The summed E-state index contributed by atoms with van der Waals surface area (Å²) >= 11 is 15.6. The zero-order chi connectivity index (χ0) is 15.4. The maximum Gasteiger partial charge on any atom is 0.127 e. The molecule has 0 unspecified atom stereocenters. The molecule has 0 radical (unpaired) electrons. The summed E-state index contributed by atoms with van der Waals surface area (Å²) in [6, 6.07) is 9.52. The maximum absolute atomic E-state index is 6.18. The third-order valence-electron chi connectivity index (χ3n) is 3.07. The lowest BCUT2D eigenvalue weighted by atomic mass is 10.1. The third-order valence-corrected chi connectivity index (χ3v) is 4.12. The van der Waals surface area contributed by atoms with Gasteiger partial charge in [0.15, 0.2) is 0 Å². The van der Waals surface area contributed by atoms with Crippen LogP contribution >= 0.6 is 39.1 Å². The van der Waals surface area contributed by atoms with Crippen LogP contribution in [0.5, 0.6) is 5.75 Å². The number of rotatable bonds is 5. The maximum atomic E-state index is 6.18. The van der Waals surface area contributed by atoms with E-state index >= 15 is 0 Å². The van der Waals surface area contributed by atoms with E-state index in [-0.39, 0.29) is 0 Å². The van der Waals surface area contributed by atoms with Crippen molar-refractivity contribution in [3.63, 3.8) is 0 Å². The van der Waals surface area contributed by atoms with E-state index in [2.05, 4.69) is 27.3 Å². The summed E-state index contributed by atoms with van der Waals surface area (Å²) in [5.74, 6) is 0.888. The second-order valence-corrected chi connectivity index (χ2v) is 6.52. The summed E-state index contributed by atoms with van der Waals surface area (Å²) in [5.41, 5.74) is 3.10. The number of benzene rings is 2. The molecule has 21 heavy (non-hydrogen) atoms. The number of nitrogens with one attached hydrogen (secondary N) is 1. The molecule has 1 N–H and O–H groups in total. The van der Waals surface area contributed by atoms with E-state index in [1.165, 1.54) is 0 Å². The van der Waals surface area contributed by atoms with Crippen molar-refractivity contribution >= 4 is 39.1 Å². The summed E-state index contributed by atoms with van der Waals surface area (Å²) in [6.07, 6.45) is 0. The van der Waals surface area contributed by atoms with Gasteiger partial charge in [0.05, 0.1) is 0 Å². The van der Waals surface area contributed by atoms with Crippen molar-refractivity contribution in [1.29, 1.82) is 0 Å². The normalized spacial score (nSPS) is 10.7. The minimum Gasteiger partial charge on any atom is -0.488 e. The molecule has 0 aliphatic carbocycles. The Bertz CT molecular complexity index is 646. The number of aryl methyl sites for hydroxylation is 1. The Morgan fingerprint density at radius 2 is 1.90 bits per heavy atom. The van der Waals surface area contributed by atoms with Crippen LogP contribution in [-0.4, -0.2) is 7.05 Å². The lowest BCUT2D eigenvalue weighted by Crippen LogP contribution is -2.09. The molecule has 0 bridgehead atoms. The lowest BCUT2D eigenvalue weighted by molar-refractivity contribution is 0.300. The SMILES string of the molecule is CNCc1cc(Br)cc(C)c1OCc1ccc(Cl)cc1Cl. The van der Waals surface area contributed by atoms with Crippen LogP contribution in [0.2, 0.25) is 10.0 Å². The van der Waals surface area contributed by atoms with Gasteiger partial charge in [-0.05, 0) is 43.8 Å². The zero-order valence-corrected chi connectivity index (χ0v) is 14.9. The van der Waals surface area contributed by atoms with Crippen LogP contribution in [0.15, 0.2) is 34.8 Å². The molecule has 112 valence electrons. The van der Waals surface area contributed by atoms with E-state index in [4.69, 9.17) is 27.9 Å². The smallest absolute Gasteiger partial charge is 0.127 e. The lowest BCUT2D eigenvalue weighted by Gasteiger charge is -2.15. The Hall–Kier alpha value is -0.740. The fourth-order valence-corrected chi connectivity index (χ4v) is 3.20. The number of hydrogen-bond acceptors (Lipinski definition) is 2. The quantitative estimate of drug-likeness (QED) is 0.743. The van der Waals surface area contributed by atoms with E-state index in [0.717, 1.165) is 33.5 Å². The summed E-state index contributed by atoms with van der Waals surface area (Å²) in [4.78, 5) is 0. The first-order valence-corrected chi connectivity index (χ1v) is 8.06. The molecule has 5 heteroatoms. The first kappa shape index (κ1) is 16.6. The van der Waals surface area contributed by atoms with Gasteiger partial charge in [-0.3, -0.25) is 0 Å². The fourth-order valence-electron chi connectivity index (χ4n) is 2.12. The van der Waals surface area contributed by atoms with E-state index in [1.807, 2.05) is 32.2 Å². The molecule has 0 aliphatic heterocycles. The second kappa shape index (κ2) is 7.50. The second-order valence-electron chi connectivity index (χ2n) is 4.77. The Labute approximate surface area is 143 Å². The van der Waals surface area contributed by atoms with Gasteiger partial charge >= 0.3 is 0 Å². The van der Waals surface area contributed by atoms with Crippen molar-refractivity contribution in [3.05, 3.63) is 61.5 Å². The van der Waals surface area contributed by atoms with Crippen molar-refractivity contribution in [3.8, 4) is 5.75 Å². The highest BCUT2D eigenvalue weighted by atomic mass is 79.9. The molecule has 2 nitrogen and oxygen atoms in total. The Kier molecular flexibility index (Phi) is 5.94. The molecule has 0 amide bonds. The molecular formula is C16H16BrCl2NO. The van der Waals surface area contributed by atoms with Crippen molar-refractivity contribution in [2.45, 2.75) is 20.1 Å². The molecule has 2 aromatic rings. The highest BCUT2D eigenvalue weighted by Crippen LogP contribution is 2.30. The highest BCUT2D eigenvalue weighted by molar-refractivity contribution is 9.10. The van der Waals surface area contributed by atoms with Crippen molar-refractivity contribution < 1.29 is 4.74 Å². The first-order valence-electron chi connectivity index (χ1n) is 6.51. The molecule has 2 rings (SSSR count). The molecule has 0 saturated heterocycles. The van der Waals surface area contributed by atoms with Gasteiger partial charge in [-0.15, -0.1) is 0 Å². The van der Waals surface area contributed by atoms with Crippen molar-refractivity contribution in [2.75, 3.05) is 7.05 Å². The van der Waals surface area contributed by atoms with Gasteiger partial charge in [-0.25, -0.2) is 0 Å². The van der Waals surface area contributed by atoms with Crippen LogP contribution in [0.25, 0.3) is 0 Å². The van der Waals surface area contributed by atoms with Crippen LogP contribution < -0.4 is 10.1 Å². The van der Waals surface area contributed by atoms with E-state index in [0.29, 0.717) is 16.7 Å². The minimum atomic E-state index is 0.412. The molecule has 0 atom stereocenters. The Balaban J connectivity index is 2.23. The van der Waals surface area contributed by atoms with E-state index in [9.17, 15) is 0 Å². The van der Waals surface area contributed by atoms with Gasteiger partial charge in [-0.2, -0.15) is 0 Å². The molecule has 2 aromatic carbocycles. The molecule has 0 heterocycles. The minimum absolute atomic E-state index is 0.412. The van der Waals surface area contributed by atoms with Crippen molar-refractivity contribution in [1.82, 2.24) is 5.32 Å². The molecule has 0 fully saturated rings. The van der Waals surface area contributed by atoms with E-state index < -0.39 is 0 Å². The third kappa shape index (κ3) is 4.36. The first-order chi connectivity index (χ1) is 10.0. The summed E-state index contributed by atoms with van der Waals surface area (Å²) in [6.45, 7) is 3.18. The summed E-state index contributed by atoms with van der Waals surface area (Å²) < 4.78 is 7.04. The Morgan fingerprint density at radius 3 is 2.57 bits per heavy atom. The van der Waals surface area contributed by atoms with Crippen molar-refractivity contribution in [2.24, 2.45) is 0 Å². The predicted octanol–water partition coefficient (Wildman–Crippen LogP) is 5.36. The van der Waals surface area contributed by atoms with Crippen LogP contribution in [0, 0.1) is 6.92 Å². The van der Waals surface area contributed by atoms with Crippen LogP contribution in [0.4, 0.5) is 0 Å². The fraction of sp³-hybridized carbons (Fsp3) is 0.250. The van der Waals surface area contributed by atoms with Gasteiger partial charge in [0.1, 0.15) is 12.4 Å². The van der Waals surface area contributed by atoms with E-state index in [1.54, 1.807) is 6.07 Å². The van der Waals surface area contributed by atoms with Crippen LogP contribution in [0.1, 0.15) is 16.7 Å². The zero-order valence-electron chi connectivity index (χ0n) is 11.8. The molecule has 0 saturated carbocycles. The van der Waals surface area contributed by atoms with Gasteiger partial charge in [0.25, 0.3) is 0 Å². The van der Waals surface area contributed by atoms with Crippen LogP contribution in [0.3, 0.4) is 0 Å². The largest absolute Gasteiger partial charge is 0.488 e. The predicted molar refractivity (Wildman–Crippen MR) is 92.4 cm³/mol. The Morgan fingerprint density at radius 1 is 1.14 bits per heavy atom. The van der Waals surface area contributed by atoms with Crippen LogP contribution in [-0.2, 0) is 13.2 Å². The molecule has 0 aromatic heterocycles. The monoisotopic (exact) mass is 387 g/mol. The summed E-state index contributed by atoms with van der Waals surface area (Å²) in [5, 5.41) is 4.39. The topological polar surface area (TPSA) is 21.3 Å². The van der Waals surface area contributed by atoms with Gasteiger partial charge in [-0.1, -0.05) is 45.2 Å². The average Bonchev–Trinajstić information content (AvgIpc) is 2.40. The summed E-state index contributed by atoms with van der Waals surface area (Å²) in [7, 11) is 1.91. The molecule has 0 aliphatic rings. The average molecular weight is 389 g/mol. The highest BCUT2D eigenvalue weighted by Gasteiger charge is 2.10. The standard InChI is InChI=1S/C16H16BrCl2NO/c1-10-5-13(17)6-12(8-20-2)16(10)21-9-11-3-4-14(18)7-15(11)19/h3-7,20H,8-9H2,1-2H3.